The molecule has 0 fully saturated rings. The smallest absolute Gasteiger partial charge is 0.161 e. The van der Waals surface area contributed by atoms with Crippen molar-refractivity contribution < 1.29 is 9.90 Å². The predicted octanol–water partition coefficient (Wildman–Crippen LogP) is 1.68. The molecular formula is C13H20N2O2. The van der Waals surface area contributed by atoms with Crippen LogP contribution < -0.4 is 10.6 Å². The summed E-state index contributed by atoms with van der Waals surface area (Å²) in [6.07, 6.45) is 0.724. The Morgan fingerprint density at radius 3 is 2.65 bits per heavy atom. The van der Waals surface area contributed by atoms with Crippen molar-refractivity contribution in [1.82, 2.24) is 0 Å². The number of nitrogens with zero attached hydrogens (tertiary/aromatic N) is 1. The molecule has 0 aliphatic carbocycles. The van der Waals surface area contributed by atoms with Crippen LogP contribution in [-0.2, 0) is 0 Å². The van der Waals surface area contributed by atoms with Crippen LogP contribution in [0.2, 0.25) is 0 Å². The summed E-state index contributed by atoms with van der Waals surface area (Å²) in [5.41, 5.74) is 7.91. The Morgan fingerprint density at radius 1 is 1.47 bits per heavy atom. The van der Waals surface area contributed by atoms with Gasteiger partial charge in [0.1, 0.15) is 0 Å². The number of aliphatic hydroxyl groups is 1. The number of ketones is 1. The van der Waals surface area contributed by atoms with E-state index in [9.17, 15) is 4.79 Å². The molecule has 0 saturated carbocycles. The number of rotatable bonds is 6. The van der Waals surface area contributed by atoms with Gasteiger partial charge in [0.05, 0.1) is 0 Å². The second-order valence-electron chi connectivity index (χ2n) is 3.98. The van der Waals surface area contributed by atoms with E-state index in [1.165, 1.54) is 6.92 Å². The van der Waals surface area contributed by atoms with Crippen molar-refractivity contribution >= 4 is 17.2 Å². The minimum atomic E-state index is -0.0209. The van der Waals surface area contributed by atoms with E-state index < -0.39 is 0 Å². The number of Topliss-reactive ketones (excluding diaryl/α,β-unsaturated/α-hetero) is 1. The fourth-order valence-corrected chi connectivity index (χ4v) is 1.80. The first-order valence-corrected chi connectivity index (χ1v) is 5.86. The molecule has 1 aromatic carbocycles. The highest BCUT2D eigenvalue weighted by Gasteiger charge is 2.09. The van der Waals surface area contributed by atoms with Crippen LogP contribution in [0.1, 0.15) is 30.6 Å². The van der Waals surface area contributed by atoms with Gasteiger partial charge in [-0.05, 0) is 38.5 Å². The summed E-state index contributed by atoms with van der Waals surface area (Å²) >= 11 is 0. The molecule has 0 aliphatic heterocycles. The normalized spacial score (nSPS) is 10.3. The first-order valence-electron chi connectivity index (χ1n) is 5.86. The molecule has 0 atom stereocenters. The summed E-state index contributed by atoms with van der Waals surface area (Å²) in [6, 6.07) is 5.47. The van der Waals surface area contributed by atoms with Crippen molar-refractivity contribution in [2.24, 2.45) is 0 Å². The SMILES string of the molecule is CCN(CCCO)c1ccc(C(C)=O)c(N)c1. The number of hydrogen-bond acceptors (Lipinski definition) is 4. The molecular weight excluding hydrogens is 216 g/mol. The Balaban J connectivity index is 2.90. The third-order valence-corrected chi connectivity index (χ3v) is 2.75. The lowest BCUT2D eigenvalue weighted by molar-refractivity contribution is 0.101. The molecule has 0 bridgehead atoms. The van der Waals surface area contributed by atoms with E-state index in [1.54, 1.807) is 6.07 Å². The summed E-state index contributed by atoms with van der Waals surface area (Å²) in [6.45, 7) is 5.36. The largest absolute Gasteiger partial charge is 0.398 e. The summed E-state index contributed by atoms with van der Waals surface area (Å²) in [5, 5.41) is 8.83. The number of nitrogen functional groups attached to an aromatic ring is 1. The maximum Gasteiger partial charge on any atom is 0.161 e. The topological polar surface area (TPSA) is 66.6 Å². The molecule has 0 aromatic heterocycles. The quantitative estimate of drug-likeness (QED) is 0.582. The fourth-order valence-electron chi connectivity index (χ4n) is 1.80. The molecule has 0 radical (unpaired) electrons. The molecule has 1 rings (SSSR count). The van der Waals surface area contributed by atoms with Gasteiger partial charge in [-0.25, -0.2) is 0 Å². The molecule has 0 aliphatic rings. The number of anilines is 2. The number of carbonyl (C=O) groups excluding carboxylic acids is 1. The Labute approximate surface area is 102 Å². The summed E-state index contributed by atoms with van der Waals surface area (Å²) < 4.78 is 0. The summed E-state index contributed by atoms with van der Waals surface area (Å²) in [4.78, 5) is 13.4. The summed E-state index contributed by atoms with van der Waals surface area (Å²) in [5.74, 6) is -0.0209. The zero-order valence-corrected chi connectivity index (χ0v) is 10.4. The molecule has 0 unspecified atom stereocenters. The van der Waals surface area contributed by atoms with Crippen molar-refractivity contribution in [2.75, 3.05) is 30.3 Å². The van der Waals surface area contributed by atoms with Gasteiger partial charge in [0.25, 0.3) is 0 Å². The monoisotopic (exact) mass is 236 g/mol. The zero-order valence-electron chi connectivity index (χ0n) is 10.4. The third-order valence-electron chi connectivity index (χ3n) is 2.75. The molecule has 4 heteroatoms. The predicted molar refractivity (Wildman–Crippen MR) is 70.4 cm³/mol. The van der Waals surface area contributed by atoms with Crippen LogP contribution in [0.4, 0.5) is 11.4 Å². The molecule has 0 amide bonds. The van der Waals surface area contributed by atoms with Crippen LogP contribution in [0.5, 0.6) is 0 Å². The van der Waals surface area contributed by atoms with E-state index >= 15 is 0 Å². The standard InChI is InChI=1S/C13H20N2O2/c1-3-15(7-4-8-16)11-5-6-12(10(2)17)13(14)9-11/h5-6,9,16H,3-4,7-8,14H2,1-2H3. The van der Waals surface area contributed by atoms with E-state index in [1.807, 2.05) is 19.1 Å². The highest BCUT2D eigenvalue weighted by atomic mass is 16.3. The van der Waals surface area contributed by atoms with Crippen molar-refractivity contribution in [1.29, 1.82) is 0 Å². The highest BCUT2D eigenvalue weighted by molar-refractivity contribution is 5.99. The maximum atomic E-state index is 11.3. The Hall–Kier alpha value is -1.55. The molecule has 17 heavy (non-hydrogen) atoms. The average Bonchev–Trinajstić information content (AvgIpc) is 2.29. The number of carbonyl (C=O) groups is 1. The molecule has 0 spiro atoms. The lowest BCUT2D eigenvalue weighted by atomic mass is 10.1. The summed E-state index contributed by atoms with van der Waals surface area (Å²) in [7, 11) is 0. The van der Waals surface area contributed by atoms with E-state index in [0.29, 0.717) is 11.3 Å². The lowest BCUT2D eigenvalue weighted by Gasteiger charge is -2.23. The van der Waals surface area contributed by atoms with Crippen molar-refractivity contribution in [2.45, 2.75) is 20.3 Å². The van der Waals surface area contributed by atoms with E-state index in [2.05, 4.69) is 4.90 Å². The van der Waals surface area contributed by atoms with Gasteiger partial charge in [0.15, 0.2) is 5.78 Å². The first-order chi connectivity index (χ1) is 8.10. The molecule has 4 nitrogen and oxygen atoms in total. The van der Waals surface area contributed by atoms with Gasteiger partial charge in [-0.2, -0.15) is 0 Å². The third kappa shape index (κ3) is 3.46. The van der Waals surface area contributed by atoms with Gasteiger partial charge in [-0.3, -0.25) is 4.79 Å². The maximum absolute atomic E-state index is 11.3. The van der Waals surface area contributed by atoms with Crippen molar-refractivity contribution in [3.63, 3.8) is 0 Å². The molecule has 94 valence electrons. The Morgan fingerprint density at radius 2 is 2.18 bits per heavy atom. The molecule has 3 N–H and O–H groups in total. The number of aliphatic hydroxyl groups excluding tert-OH is 1. The van der Waals surface area contributed by atoms with Gasteiger partial charge in [-0.1, -0.05) is 0 Å². The van der Waals surface area contributed by atoms with Crippen LogP contribution in [0, 0.1) is 0 Å². The van der Waals surface area contributed by atoms with Gasteiger partial charge in [-0.15, -0.1) is 0 Å². The lowest BCUT2D eigenvalue weighted by Crippen LogP contribution is -2.24. The van der Waals surface area contributed by atoms with Crippen LogP contribution in [0.25, 0.3) is 0 Å². The first kappa shape index (κ1) is 13.5. The van der Waals surface area contributed by atoms with Crippen molar-refractivity contribution in [3.8, 4) is 0 Å². The minimum Gasteiger partial charge on any atom is -0.398 e. The Kier molecular flexibility index (Phi) is 4.97. The van der Waals surface area contributed by atoms with E-state index in [0.717, 1.165) is 25.2 Å². The van der Waals surface area contributed by atoms with Gasteiger partial charge in [0.2, 0.25) is 0 Å². The Bertz CT molecular complexity index is 391. The van der Waals surface area contributed by atoms with Crippen LogP contribution >= 0.6 is 0 Å². The van der Waals surface area contributed by atoms with Gasteiger partial charge < -0.3 is 15.7 Å². The average molecular weight is 236 g/mol. The zero-order chi connectivity index (χ0) is 12.8. The number of benzene rings is 1. The van der Waals surface area contributed by atoms with Gasteiger partial charge in [0, 0.05) is 36.6 Å². The van der Waals surface area contributed by atoms with Crippen LogP contribution in [-0.4, -0.2) is 30.6 Å². The highest BCUT2D eigenvalue weighted by Crippen LogP contribution is 2.22. The van der Waals surface area contributed by atoms with E-state index in [4.69, 9.17) is 10.8 Å². The minimum absolute atomic E-state index is 0.0209. The number of hydrogen-bond donors (Lipinski definition) is 2. The van der Waals surface area contributed by atoms with E-state index in [-0.39, 0.29) is 12.4 Å². The van der Waals surface area contributed by atoms with Crippen LogP contribution in [0.15, 0.2) is 18.2 Å². The number of nitrogens with two attached hydrogens (primary N) is 1. The van der Waals surface area contributed by atoms with Crippen LogP contribution in [0.3, 0.4) is 0 Å². The fraction of sp³-hybridized carbons (Fsp3) is 0.462. The second-order valence-corrected chi connectivity index (χ2v) is 3.98. The molecule has 0 heterocycles. The molecule has 1 aromatic rings. The van der Waals surface area contributed by atoms with Crippen molar-refractivity contribution in [3.05, 3.63) is 23.8 Å². The molecule has 0 saturated heterocycles. The second kappa shape index (κ2) is 6.25. The van der Waals surface area contributed by atoms with Gasteiger partial charge >= 0.3 is 0 Å².